The Labute approximate surface area is 115 Å². The molecule has 0 bridgehead atoms. The summed E-state index contributed by atoms with van der Waals surface area (Å²) in [5.41, 5.74) is 5.72. The van der Waals surface area contributed by atoms with Crippen molar-refractivity contribution in [3.05, 3.63) is 11.7 Å². The molecule has 2 aromatic heterocycles. The summed E-state index contributed by atoms with van der Waals surface area (Å²) >= 11 is 0. The van der Waals surface area contributed by atoms with Crippen LogP contribution in [0.5, 0.6) is 0 Å². The molecule has 1 saturated heterocycles. The first-order valence-corrected chi connectivity index (χ1v) is 6.50. The van der Waals surface area contributed by atoms with E-state index in [1.54, 1.807) is 6.92 Å². The molecule has 0 aromatic carbocycles. The lowest BCUT2D eigenvalue weighted by Gasteiger charge is -2.15. The molecule has 3 rings (SSSR count). The molecule has 1 aliphatic rings. The van der Waals surface area contributed by atoms with Gasteiger partial charge in [0.05, 0.1) is 6.54 Å². The van der Waals surface area contributed by atoms with E-state index in [4.69, 9.17) is 10.3 Å². The third kappa shape index (κ3) is 2.76. The van der Waals surface area contributed by atoms with Crippen LogP contribution in [0.3, 0.4) is 0 Å². The second kappa shape index (κ2) is 5.27. The number of aromatic nitrogens is 5. The van der Waals surface area contributed by atoms with Gasteiger partial charge in [-0.05, 0) is 19.8 Å². The van der Waals surface area contributed by atoms with Crippen molar-refractivity contribution in [2.75, 3.05) is 29.0 Å². The topological polar surface area (TPSA) is 119 Å². The molecule has 2 aromatic rings. The third-order valence-electron chi connectivity index (χ3n) is 3.00. The number of hydrogen-bond donors (Lipinski definition) is 2. The largest absolute Gasteiger partial charge is 0.368 e. The van der Waals surface area contributed by atoms with Crippen LogP contribution in [0.25, 0.3) is 0 Å². The Balaban J connectivity index is 1.72. The van der Waals surface area contributed by atoms with Crippen molar-refractivity contribution in [2.45, 2.75) is 26.3 Å². The van der Waals surface area contributed by atoms with Crippen molar-refractivity contribution in [1.82, 2.24) is 25.1 Å². The van der Waals surface area contributed by atoms with Crippen LogP contribution in [-0.2, 0) is 6.54 Å². The first-order valence-electron chi connectivity index (χ1n) is 6.50. The van der Waals surface area contributed by atoms with Crippen LogP contribution >= 0.6 is 0 Å². The Kier molecular flexibility index (Phi) is 3.32. The number of nitrogens with zero attached hydrogens (tertiary/aromatic N) is 6. The maximum atomic E-state index is 5.72. The molecular weight excluding hydrogens is 260 g/mol. The van der Waals surface area contributed by atoms with Crippen LogP contribution in [0, 0.1) is 6.92 Å². The molecule has 0 saturated carbocycles. The summed E-state index contributed by atoms with van der Waals surface area (Å²) in [7, 11) is 0. The van der Waals surface area contributed by atoms with Crippen molar-refractivity contribution >= 4 is 17.8 Å². The summed E-state index contributed by atoms with van der Waals surface area (Å²) in [6.07, 6.45) is 2.30. The Morgan fingerprint density at radius 3 is 2.70 bits per heavy atom. The van der Waals surface area contributed by atoms with E-state index in [0.29, 0.717) is 30.2 Å². The zero-order chi connectivity index (χ0) is 13.9. The molecule has 0 spiro atoms. The molecule has 3 heterocycles. The fourth-order valence-corrected chi connectivity index (χ4v) is 2.08. The molecule has 0 atom stereocenters. The van der Waals surface area contributed by atoms with Gasteiger partial charge in [-0.1, -0.05) is 5.16 Å². The average Bonchev–Trinajstić information content (AvgIpc) is 3.07. The van der Waals surface area contributed by atoms with E-state index in [0.717, 1.165) is 25.9 Å². The number of nitrogen functional groups attached to an aromatic ring is 1. The van der Waals surface area contributed by atoms with E-state index in [1.807, 2.05) is 0 Å². The summed E-state index contributed by atoms with van der Waals surface area (Å²) in [4.78, 5) is 18.8. The number of nitrogens with one attached hydrogen (secondary N) is 1. The summed E-state index contributed by atoms with van der Waals surface area (Å²) < 4.78 is 5.01. The molecule has 1 fully saturated rings. The maximum absolute atomic E-state index is 5.72. The van der Waals surface area contributed by atoms with Gasteiger partial charge in [0, 0.05) is 13.1 Å². The van der Waals surface area contributed by atoms with Crippen LogP contribution < -0.4 is 16.0 Å². The van der Waals surface area contributed by atoms with E-state index in [2.05, 4.69) is 35.3 Å². The SMILES string of the molecule is Cc1noc(CNc2nc(N)nc(N3CCCC3)n2)n1. The average molecular weight is 276 g/mol. The molecule has 0 radical (unpaired) electrons. The molecule has 3 N–H and O–H groups in total. The van der Waals surface area contributed by atoms with Crippen LogP contribution in [0.4, 0.5) is 17.8 Å². The first-order chi connectivity index (χ1) is 9.70. The number of rotatable bonds is 4. The van der Waals surface area contributed by atoms with Crippen molar-refractivity contribution in [3.63, 3.8) is 0 Å². The van der Waals surface area contributed by atoms with Crippen molar-refractivity contribution in [1.29, 1.82) is 0 Å². The highest BCUT2D eigenvalue weighted by Gasteiger charge is 2.16. The van der Waals surface area contributed by atoms with Gasteiger partial charge in [0.25, 0.3) is 0 Å². The summed E-state index contributed by atoms with van der Waals surface area (Å²) in [6, 6.07) is 0. The van der Waals surface area contributed by atoms with Gasteiger partial charge in [-0.25, -0.2) is 0 Å². The number of aryl methyl sites for hydroxylation is 1. The van der Waals surface area contributed by atoms with Crippen molar-refractivity contribution in [2.24, 2.45) is 0 Å². The highest BCUT2D eigenvalue weighted by atomic mass is 16.5. The van der Waals surface area contributed by atoms with Crippen LogP contribution in [0.1, 0.15) is 24.6 Å². The summed E-state index contributed by atoms with van der Waals surface area (Å²) in [5.74, 6) is 2.29. The molecule has 106 valence electrons. The molecular formula is C11H16N8O. The Morgan fingerprint density at radius 1 is 1.20 bits per heavy atom. The molecule has 9 nitrogen and oxygen atoms in total. The molecule has 0 amide bonds. The molecule has 1 aliphatic heterocycles. The molecule has 0 unspecified atom stereocenters. The van der Waals surface area contributed by atoms with Gasteiger partial charge < -0.3 is 20.5 Å². The zero-order valence-electron chi connectivity index (χ0n) is 11.2. The van der Waals surface area contributed by atoms with Gasteiger partial charge in [-0.15, -0.1) is 0 Å². The van der Waals surface area contributed by atoms with Gasteiger partial charge in [0.15, 0.2) is 5.82 Å². The fraction of sp³-hybridized carbons (Fsp3) is 0.545. The number of nitrogens with two attached hydrogens (primary N) is 1. The van der Waals surface area contributed by atoms with Gasteiger partial charge in [0.1, 0.15) is 0 Å². The van der Waals surface area contributed by atoms with Gasteiger partial charge >= 0.3 is 0 Å². The van der Waals surface area contributed by atoms with Crippen LogP contribution in [-0.4, -0.2) is 38.2 Å². The van der Waals surface area contributed by atoms with Gasteiger partial charge in [0.2, 0.25) is 23.7 Å². The van der Waals surface area contributed by atoms with E-state index in [9.17, 15) is 0 Å². The second-order valence-electron chi connectivity index (χ2n) is 4.60. The predicted molar refractivity (Wildman–Crippen MR) is 72.0 cm³/mol. The van der Waals surface area contributed by atoms with Crippen molar-refractivity contribution in [3.8, 4) is 0 Å². The zero-order valence-corrected chi connectivity index (χ0v) is 11.2. The molecule has 20 heavy (non-hydrogen) atoms. The molecule has 9 heteroatoms. The lowest BCUT2D eigenvalue weighted by atomic mass is 10.4. The lowest BCUT2D eigenvalue weighted by Crippen LogP contribution is -2.22. The smallest absolute Gasteiger partial charge is 0.246 e. The van der Waals surface area contributed by atoms with E-state index in [1.165, 1.54) is 0 Å². The lowest BCUT2D eigenvalue weighted by molar-refractivity contribution is 0.379. The minimum atomic E-state index is 0.200. The number of anilines is 3. The van der Waals surface area contributed by atoms with E-state index >= 15 is 0 Å². The van der Waals surface area contributed by atoms with E-state index < -0.39 is 0 Å². The highest BCUT2D eigenvalue weighted by Crippen LogP contribution is 2.17. The minimum Gasteiger partial charge on any atom is -0.368 e. The predicted octanol–water partition coefficient (Wildman–Crippen LogP) is 0.358. The monoisotopic (exact) mass is 276 g/mol. The summed E-state index contributed by atoms with van der Waals surface area (Å²) in [6.45, 7) is 4.01. The highest BCUT2D eigenvalue weighted by molar-refractivity contribution is 5.42. The van der Waals surface area contributed by atoms with E-state index in [-0.39, 0.29) is 5.95 Å². The maximum Gasteiger partial charge on any atom is 0.246 e. The normalized spacial score (nSPS) is 14.8. The molecule has 0 aliphatic carbocycles. The first kappa shape index (κ1) is 12.6. The quantitative estimate of drug-likeness (QED) is 0.815. The van der Waals surface area contributed by atoms with Crippen LogP contribution in [0.15, 0.2) is 4.52 Å². The Bertz CT molecular complexity index is 592. The Hall–Kier alpha value is -2.45. The van der Waals surface area contributed by atoms with Gasteiger partial charge in [-0.2, -0.15) is 19.9 Å². The summed E-state index contributed by atoms with van der Waals surface area (Å²) in [5, 5.41) is 6.73. The van der Waals surface area contributed by atoms with Crippen LogP contribution in [0.2, 0.25) is 0 Å². The fourth-order valence-electron chi connectivity index (χ4n) is 2.08. The standard InChI is InChI=1S/C11H16N8O/c1-7-14-8(20-18-7)6-13-10-15-9(12)16-11(17-10)19-4-2-3-5-19/h2-6H2,1H3,(H3,12,13,15,16,17). The number of hydrogen-bond acceptors (Lipinski definition) is 9. The Morgan fingerprint density at radius 2 is 2.00 bits per heavy atom. The second-order valence-corrected chi connectivity index (χ2v) is 4.60. The van der Waals surface area contributed by atoms with Crippen molar-refractivity contribution < 1.29 is 4.52 Å². The third-order valence-corrected chi connectivity index (χ3v) is 3.00. The minimum absolute atomic E-state index is 0.200. The van der Waals surface area contributed by atoms with Gasteiger partial charge in [-0.3, -0.25) is 0 Å².